The molecule has 1 aliphatic heterocycles. The second-order valence-electron chi connectivity index (χ2n) is 8.03. The van der Waals surface area contributed by atoms with Crippen LogP contribution in [0.15, 0.2) is 42.2 Å². The molecule has 0 radical (unpaired) electrons. The van der Waals surface area contributed by atoms with Crippen LogP contribution in [-0.2, 0) is 17.3 Å². The van der Waals surface area contributed by atoms with Crippen molar-refractivity contribution in [1.82, 2.24) is 9.97 Å². The van der Waals surface area contributed by atoms with Crippen molar-refractivity contribution in [3.8, 4) is 0 Å². The van der Waals surface area contributed by atoms with Crippen molar-refractivity contribution < 1.29 is 17.9 Å². The second-order valence-corrected chi connectivity index (χ2v) is 8.03. The molecule has 0 spiro atoms. The van der Waals surface area contributed by atoms with Gasteiger partial charge in [0, 0.05) is 24.5 Å². The van der Waals surface area contributed by atoms with Gasteiger partial charge in [0.25, 0.3) is 0 Å². The zero-order valence-corrected chi connectivity index (χ0v) is 17.8. The largest absolute Gasteiger partial charge is 0.433 e. The minimum atomic E-state index is -4.45. The van der Waals surface area contributed by atoms with Crippen LogP contribution < -0.4 is 4.90 Å². The maximum Gasteiger partial charge on any atom is 0.433 e. The van der Waals surface area contributed by atoms with E-state index in [1.807, 2.05) is 12.3 Å². The molecule has 4 nitrogen and oxygen atoms in total. The van der Waals surface area contributed by atoms with E-state index in [9.17, 15) is 13.2 Å². The summed E-state index contributed by atoms with van der Waals surface area (Å²) in [4.78, 5) is 10.4. The Hall–Kier alpha value is -2.67. The highest BCUT2D eigenvalue weighted by Crippen LogP contribution is 2.38. The normalized spacial score (nSPS) is 17.3. The Morgan fingerprint density at radius 1 is 1.13 bits per heavy atom. The predicted octanol–water partition coefficient (Wildman–Crippen LogP) is 5.89. The highest BCUT2D eigenvalue weighted by atomic mass is 19.4. The number of rotatable bonds is 5. The third kappa shape index (κ3) is 4.66. The van der Waals surface area contributed by atoms with Crippen LogP contribution in [0.2, 0.25) is 0 Å². The molecule has 1 fully saturated rings. The van der Waals surface area contributed by atoms with Gasteiger partial charge in [-0.25, -0.2) is 0 Å². The number of hydrogen-bond acceptors (Lipinski definition) is 4. The molecule has 7 heteroatoms. The van der Waals surface area contributed by atoms with Gasteiger partial charge >= 0.3 is 6.18 Å². The molecule has 2 aliphatic rings. The van der Waals surface area contributed by atoms with Crippen molar-refractivity contribution in [2.24, 2.45) is 0 Å². The second kappa shape index (κ2) is 8.83. The van der Waals surface area contributed by atoms with E-state index >= 15 is 0 Å². The summed E-state index contributed by atoms with van der Waals surface area (Å²) in [5, 5.41) is 0. The number of hydrogen-bond donors (Lipinski definition) is 0. The van der Waals surface area contributed by atoms with E-state index in [1.54, 1.807) is 6.07 Å². The lowest BCUT2D eigenvalue weighted by atomic mass is 9.86. The van der Waals surface area contributed by atoms with Gasteiger partial charge in [-0.05, 0) is 61.1 Å². The SMILES string of the molecule is CCCc1ncc(C2=C(C)CCC(c3ccnc(C(F)(F)F)c3)=C2)cc1N1CCOC1. The smallest absolute Gasteiger partial charge is 0.359 e. The molecule has 164 valence electrons. The topological polar surface area (TPSA) is 38.2 Å². The van der Waals surface area contributed by atoms with Crippen molar-refractivity contribution in [2.45, 2.75) is 45.7 Å². The monoisotopic (exact) mass is 429 g/mol. The molecule has 0 unspecified atom stereocenters. The quantitative estimate of drug-likeness (QED) is 0.594. The predicted molar refractivity (Wildman–Crippen MR) is 115 cm³/mol. The van der Waals surface area contributed by atoms with Crippen molar-refractivity contribution in [3.63, 3.8) is 0 Å². The highest BCUT2D eigenvalue weighted by Gasteiger charge is 2.32. The first-order chi connectivity index (χ1) is 14.9. The van der Waals surface area contributed by atoms with Gasteiger partial charge in [0.2, 0.25) is 0 Å². The third-order valence-corrected chi connectivity index (χ3v) is 5.81. The molecule has 2 aromatic heterocycles. The van der Waals surface area contributed by atoms with Gasteiger partial charge in [0.15, 0.2) is 0 Å². The Kier molecular flexibility index (Phi) is 6.14. The Morgan fingerprint density at radius 3 is 2.68 bits per heavy atom. The highest BCUT2D eigenvalue weighted by molar-refractivity contribution is 5.88. The van der Waals surface area contributed by atoms with Crippen molar-refractivity contribution in [1.29, 1.82) is 0 Å². The number of ether oxygens (including phenoxy) is 1. The summed E-state index contributed by atoms with van der Waals surface area (Å²) >= 11 is 0. The Balaban J connectivity index is 1.72. The fraction of sp³-hybridized carbons (Fsp3) is 0.417. The van der Waals surface area contributed by atoms with Crippen LogP contribution in [-0.4, -0.2) is 29.9 Å². The lowest BCUT2D eigenvalue weighted by Crippen LogP contribution is -2.21. The number of alkyl halides is 3. The molecular weight excluding hydrogens is 403 g/mol. The first-order valence-corrected chi connectivity index (χ1v) is 10.6. The lowest BCUT2D eigenvalue weighted by molar-refractivity contribution is -0.141. The van der Waals surface area contributed by atoms with Crippen molar-refractivity contribution in [2.75, 3.05) is 24.8 Å². The van der Waals surface area contributed by atoms with Crippen LogP contribution in [0.3, 0.4) is 0 Å². The fourth-order valence-electron chi connectivity index (χ4n) is 4.11. The van der Waals surface area contributed by atoms with E-state index in [4.69, 9.17) is 9.72 Å². The minimum absolute atomic E-state index is 0.554. The van der Waals surface area contributed by atoms with Gasteiger partial charge in [0.05, 0.1) is 18.0 Å². The van der Waals surface area contributed by atoms with Gasteiger partial charge < -0.3 is 9.64 Å². The molecule has 0 saturated carbocycles. The van der Waals surface area contributed by atoms with Crippen LogP contribution in [0.5, 0.6) is 0 Å². The molecule has 1 aliphatic carbocycles. The van der Waals surface area contributed by atoms with Gasteiger partial charge in [-0.2, -0.15) is 13.2 Å². The summed E-state index contributed by atoms with van der Waals surface area (Å²) in [5.41, 5.74) is 5.96. The van der Waals surface area contributed by atoms with Crippen LogP contribution >= 0.6 is 0 Å². The molecule has 0 N–H and O–H groups in total. The molecule has 3 heterocycles. The van der Waals surface area contributed by atoms with Gasteiger partial charge in [0.1, 0.15) is 12.4 Å². The molecule has 0 aromatic carbocycles. The summed E-state index contributed by atoms with van der Waals surface area (Å²) in [6.07, 6.45) is 4.06. The van der Waals surface area contributed by atoms with E-state index in [-0.39, 0.29) is 0 Å². The maximum absolute atomic E-state index is 13.1. The number of halogens is 3. The van der Waals surface area contributed by atoms with Crippen LogP contribution in [0.1, 0.15) is 55.6 Å². The summed E-state index contributed by atoms with van der Waals surface area (Å²) in [5.74, 6) is 0. The fourth-order valence-corrected chi connectivity index (χ4v) is 4.11. The molecule has 4 rings (SSSR count). The molecule has 1 saturated heterocycles. The minimum Gasteiger partial charge on any atom is -0.359 e. The van der Waals surface area contributed by atoms with E-state index in [0.29, 0.717) is 25.3 Å². The summed E-state index contributed by atoms with van der Waals surface area (Å²) < 4.78 is 44.9. The molecule has 0 atom stereocenters. The zero-order chi connectivity index (χ0) is 22.0. The molecule has 0 amide bonds. The molecule has 0 bridgehead atoms. The zero-order valence-electron chi connectivity index (χ0n) is 17.8. The van der Waals surface area contributed by atoms with Crippen molar-refractivity contribution in [3.05, 3.63) is 64.8 Å². The van der Waals surface area contributed by atoms with Gasteiger partial charge in [-0.15, -0.1) is 0 Å². The lowest BCUT2D eigenvalue weighted by Gasteiger charge is -2.23. The van der Waals surface area contributed by atoms with E-state index in [2.05, 4.69) is 29.8 Å². The first kappa shape index (κ1) is 21.6. The maximum atomic E-state index is 13.1. The molecule has 31 heavy (non-hydrogen) atoms. The first-order valence-electron chi connectivity index (χ1n) is 10.6. The van der Waals surface area contributed by atoms with Crippen LogP contribution in [0, 0.1) is 0 Å². The summed E-state index contributed by atoms with van der Waals surface area (Å²) in [6.45, 7) is 6.29. The summed E-state index contributed by atoms with van der Waals surface area (Å²) in [7, 11) is 0. The molecular formula is C24H26F3N3O. The third-order valence-electron chi connectivity index (χ3n) is 5.81. The van der Waals surface area contributed by atoms with Crippen molar-refractivity contribution >= 4 is 16.8 Å². The summed E-state index contributed by atoms with van der Waals surface area (Å²) in [6, 6.07) is 4.94. The van der Waals surface area contributed by atoms with E-state index in [0.717, 1.165) is 60.0 Å². The molecule has 2 aromatic rings. The van der Waals surface area contributed by atoms with Crippen LogP contribution in [0.4, 0.5) is 18.9 Å². The average Bonchev–Trinajstić information content (AvgIpc) is 3.29. The number of nitrogens with zero attached hydrogens (tertiary/aromatic N) is 3. The van der Waals surface area contributed by atoms with E-state index < -0.39 is 11.9 Å². The number of aromatic nitrogens is 2. The van der Waals surface area contributed by atoms with Gasteiger partial charge in [-0.3, -0.25) is 9.97 Å². The number of pyridine rings is 2. The van der Waals surface area contributed by atoms with Gasteiger partial charge in [-0.1, -0.05) is 25.0 Å². The standard InChI is InChI=1S/C24H26F3N3O/c1-3-4-21-22(30-9-10-31-15-30)12-19(14-29-21)20-11-17(6-5-16(20)2)18-7-8-28-23(13-18)24(25,26)27/h7-8,11-14H,3-6,9-10,15H2,1-2H3. The Morgan fingerprint density at radius 2 is 1.97 bits per heavy atom. The number of anilines is 1. The Bertz CT molecular complexity index is 1020. The Labute approximate surface area is 180 Å². The number of aryl methyl sites for hydroxylation is 1. The number of allylic oxidation sites excluding steroid dienone is 4. The van der Waals surface area contributed by atoms with Crippen LogP contribution in [0.25, 0.3) is 11.1 Å². The average molecular weight is 429 g/mol. The van der Waals surface area contributed by atoms with E-state index in [1.165, 1.54) is 11.8 Å².